The van der Waals surface area contributed by atoms with Gasteiger partial charge in [-0.2, -0.15) is 0 Å². The molecule has 0 unspecified atom stereocenters. The fraction of sp³-hybridized carbons (Fsp3) is 0.125. The van der Waals surface area contributed by atoms with Crippen LogP contribution in [0.3, 0.4) is 0 Å². The number of methoxy groups -OCH3 is 1. The van der Waals surface area contributed by atoms with Crippen molar-refractivity contribution in [2.75, 3.05) is 12.4 Å². The van der Waals surface area contributed by atoms with E-state index in [1.165, 1.54) is 7.11 Å². The summed E-state index contributed by atoms with van der Waals surface area (Å²) in [6.45, 7) is 1.77. The van der Waals surface area contributed by atoms with Crippen LogP contribution in [0.25, 0.3) is 0 Å². The summed E-state index contributed by atoms with van der Waals surface area (Å²) in [4.78, 5) is 23.7. The number of hydrogen-bond acceptors (Lipinski definition) is 3. The number of amides is 1. The zero-order chi connectivity index (χ0) is 14.5. The van der Waals surface area contributed by atoms with E-state index in [0.29, 0.717) is 22.4 Å². The Balaban J connectivity index is 2.26. The highest BCUT2D eigenvalue weighted by Gasteiger charge is 2.13. The van der Waals surface area contributed by atoms with Crippen LogP contribution in [-0.2, 0) is 4.74 Å². The van der Waals surface area contributed by atoms with E-state index < -0.39 is 5.97 Å². The molecule has 0 bridgehead atoms. The third kappa shape index (κ3) is 2.85. The van der Waals surface area contributed by atoms with Gasteiger partial charge in [0.15, 0.2) is 0 Å². The number of rotatable bonds is 3. The molecule has 0 spiro atoms. The molecule has 2 aromatic carbocycles. The van der Waals surface area contributed by atoms with Gasteiger partial charge >= 0.3 is 5.97 Å². The summed E-state index contributed by atoms with van der Waals surface area (Å²) in [5.41, 5.74) is 2.29. The maximum absolute atomic E-state index is 12.1. The highest BCUT2D eigenvalue weighted by Crippen LogP contribution is 2.20. The van der Waals surface area contributed by atoms with Crippen LogP contribution in [0.1, 0.15) is 26.3 Å². The first-order valence-corrected chi connectivity index (χ1v) is 6.18. The first kappa shape index (κ1) is 13.8. The molecule has 4 nitrogen and oxygen atoms in total. The van der Waals surface area contributed by atoms with E-state index in [4.69, 9.17) is 4.74 Å². The van der Waals surface area contributed by atoms with E-state index in [2.05, 4.69) is 5.32 Å². The molecule has 20 heavy (non-hydrogen) atoms. The van der Waals surface area contributed by atoms with Crippen LogP contribution in [0, 0.1) is 6.92 Å². The average Bonchev–Trinajstić information content (AvgIpc) is 2.49. The van der Waals surface area contributed by atoms with Crippen molar-refractivity contribution < 1.29 is 14.3 Å². The van der Waals surface area contributed by atoms with Gasteiger partial charge in [-0.15, -0.1) is 0 Å². The number of nitrogens with one attached hydrogen (secondary N) is 1. The number of hydrogen-bond donors (Lipinski definition) is 1. The lowest BCUT2D eigenvalue weighted by Crippen LogP contribution is -2.14. The van der Waals surface area contributed by atoms with Gasteiger partial charge in [0.05, 0.1) is 12.7 Å². The van der Waals surface area contributed by atoms with Gasteiger partial charge in [-0.05, 0) is 36.8 Å². The predicted molar refractivity (Wildman–Crippen MR) is 76.9 cm³/mol. The zero-order valence-electron chi connectivity index (χ0n) is 11.3. The molecular weight excluding hydrogens is 254 g/mol. The lowest BCUT2D eigenvalue weighted by molar-refractivity contribution is 0.0599. The Morgan fingerprint density at radius 1 is 1.00 bits per heavy atom. The van der Waals surface area contributed by atoms with E-state index in [9.17, 15) is 9.59 Å². The molecule has 102 valence electrons. The summed E-state index contributed by atoms with van der Waals surface area (Å²) in [6, 6.07) is 14.0. The first-order chi connectivity index (χ1) is 9.63. The van der Waals surface area contributed by atoms with Crippen LogP contribution in [-0.4, -0.2) is 19.0 Å². The molecule has 0 fully saturated rings. The number of ether oxygens (including phenoxy) is 1. The van der Waals surface area contributed by atoms with E-state index >= 15 is 0 Å². The molecule has 0 saturated carbocycles. The van der Waals surface area contributed by atoms with Gasteiger partial charge < -0.3 is 10.1 Å². The summed E-state index contributed by atoms with van der Waals surface area (Å²) in [7, 11) is 1.33. The van der Waals surface area contributed by atoms with Crippen molar-refractivity contribution in [2.24, 2.45) is 0 Å². The third-order valence-corrected chi connectivity index (χ3v) is 3.02. The standard InChI is InChI=1S/C16H15NO3/c1-11-13(16(19)20-2)9-6-10-14(11)17-15(18)12-7-4-3-5-8-12/h3-10H,1-2H3,(H,17,18). The summed E-state index contributed by atoms with van der Waals surface area (Å²) >= 11 is 0. The Hall–Kier alpha value is -2.62. The summed E-state index contributed by atoms with van der Waals surface area (Å²) in [5.74, 6) is -0.631. The number of esters is 1. The van der Waals surface area contributed by atoms with Gasteiger partial charge in [0.2, 0.25) is 0 Å². The minimum Gasteiger partial charge on any atom is -0.465 e. The maximum Gasteiger partial charge on any atom is 0.338 e. The van der Waals surface area contributed by atoms with Gasteiger partial charge in [-0.1, -0.05) is 24.3 Å². The van der Waals surface area contributed by atoms with Crippen LogP contribution in [0.2, 0.25) is 0 Å². The van der Waals surface area contributed by atoms with Crippen LogP contribution < -0.4 is 5.32 Å². The van der Waals surface area contributed by atoms with Crippen molar-refractivity contribution in [1.29, 1.82) is 0 Å². The largest absolute Gasteiger partial charge is 0.465 e. The van der Waals surface area contributed by atoms with Crippen molar-refractivity contribution in [3.63, 3.8) is 0 Å². The molecule has 0 aliphatic heterocycles. The van der Waals surface area contributed by atoms with Crippen molar-refractivity contribution in [3.8, 4) is 0 Å². The highest BCUT2D eigenvalue weighted by atomic mass is 16.5. The smallest absolute Gasteiger partial charge is 0.338 e. The SMILES string of the molecule is COC(=O)c1cccc(NC(=O)c2ccccc2)c1C. The molecule has 0 aliphatic rings. The molecule has 0 heterocycles. The molecule has 0 atom stereocenters. The number of carbonyl (C=O) groups is 2. The lowest BCUT2D eigenvalue weighted by atomic mass is 10.1. The van der Waals surface area contributed by atoms with E-state index in [-0.39, 0.29) is 5.91 Å². The molecule has 2 rings (SSSR count). The van der Waals surface area contributed by atoms with Crippen molar-refractivity contribution in [3.05, 3.63) is 65.2 Å². The van der Waals surface area contributed by atoms with Gasteiger partial charge in [0.1, 0.15) is 0 Å². The van der Waals surface area contributed by atoms with Crippen molar-refractivity contribution in [2.45, 2.75) is 6.92 Å². The second-order valence-electron chi connectivity index (χ2n) is 4.29. The number of anilines is 1. The minimum absolute atomic E-state index is 0.212. The topological polar surface area (TPSA) is 55.4 Å². The fourth-order valence-electron chi connectivity index (χ4n) is 1.89. The molecule has 0 aliphatic carbocycles. The minimum atomic E-state index is -0.418. The second kappa shape index (κ2) is 6.02. The van der Waals surface area contributed by atoms with E-state index in [0.717, 1.165) is 0 Å². The summed E-state index contributed by atoms with van der Waals surface area (Å²) < 4.78 is 4.71. The lowest BCUT2D eigenvalue weighted by Gasteiger charge is -2.11. The van der Waals surface area contributed by atoms with Crippen LogP contribution in [0.5, 0.6) is 0 Å². The summed E-state index contributed by atoms with van der Waals surface area (Å²) in [6.07, 6.45) is 0. The fourth-order valence-corrected chi connectivity index (χ4v) is 1.89. The van der Waals surface area contributed by atoms with E-state index in [1.54, 1.807) is 49.4 Å². The van der Waals surface area contributed by atoms with E-state index in [1.807, 2.05) is 6.07 Å². The molecule has 4 heteroatoms. The zero-order valence-corrected chi connectivity index (χ0v) is 11.3. The van der Waals surface area contributed by atoms with Crippen molar-refractivity contribution in [1.82, 2.24) is 0 Å². The van der Waals surface area contributed by atoms with Gasteiger partial charge in [0, 0.05) is 11.3 Å². The van der Waals surface area contributed by atoms with Gasteiger partial charge in [-0.3, -0.25) is 4.79 Å². The molecule has 0 radical (unpaired) electrons. The van der Waals surface area contributed by atoms with Crippen LogP contribution in [0.4, 0.5) is 5.69 Å². The quantitative estimate of drug-likeness (QED) is 0.871. The monoisotopic (exact) mass is 269 g/mol. The van der Waals surface area contributed by atoms with Gasteiger partial charge in [-0.25, -0.2) is 4.79 Å². The molecule has 1 N–H and O–H groups in total. The van der Waals surface area contributed by atoms with Crippen molar-refractivity contribution >= 4 is 17.6 Å². The number of carbonyl (C=O) groups excluding carboxylic acids is 2. The Morgan fingerprint density at radius 2 is 1.70 bits per heavy atom. The molecule has 0 aromatic heterocycles. The normalized spacial score (nSPS) is 9.90. The summed E-state index contributed by atoms with van der Waals surface area (Å²) in [5, 5.41) is 2.80. The van der Waals surface area contributed by atoms with Gasteiger partial charge in [0.25, 0.3) is 5.91 Å². The molecule has 1 amide bonds. The molecule has 0 saturated heterocycles. The maximum atomic E-state index is 12.1. The Morgan fingerprint density at radius 3 is 2.35 bits per heavy atom. The van der Waals surface area contributed by atoms with Crippen LogP contribution >= 0.6 is 0 Å². The molecular formula is C16H15NO3. The predicted octanol–water partition coefficient (Wildman–Crippen LogP) is 3.03. The second-order valence-corrected chi connectivity index (χ2v) is 4.29. The first-order valence-electron chi connectivity index (χ1n) is 6.18. The number of benzene rings is 2. The highest BCUT2D eigenvalue weighted by molar-refractivity contribution is 6.05. The average molecular weight is 269 g/mol. The third-order valence-electron chi connectivity index (χ3n) is 3.02. The Kier molecular flexibility index (Phi) is 4.15. The Bertz CT molecular complexity index is 635. The Labute approximate surface area is 117 Å². The van der Waals surface area contributed by atoms with Crippen LogP contribution in [0.15, 0.2) is 48.5 Å². The molecule has 2 aromatic rings.